The van der Waals surface area contributed by atoms with Crippen LogP contribution < -0.4 is 4.74 Å². The summed E-state index contributed by atoms with van der Waals surface area (Å²) in [5.74, 6) is 4.17. The maximum absolute atomic E-state index is 12.6. The summed E-state index contributed by atoms with van der Waals surface area (Å²) in [4.78, 5) is 12.6. The zero-order valence-corrected chi connectivity index (χ0v) is 17.6. The average molecular weight is 371 g/mol. The lowest BCUT2D eigenvalue weighted by molar-refractivity contribution is -0.140. The summed E-state index contributed by atoms with van der Waals surface area (Å²) in [5.41, 5.74) is 1.33. The van der Waals surface area contributed by atoms with Crippen LogP contribution in [-0.4, -0.2) is 5.97 Å². The Kier molecular flexibility index (Phi) is 7.38. The number of esters is 1. The molecule has 150 valence electrons. The van der Waals surface area contributed by atoms with Crippen molar-refractivity contribution in [3.8, 4) is 5.75 Å². The van der Waals surface area contributed by atoms with Gasteiger partial charge in [-0.15, -0.1) is 0 Å². The van der Waals surface area contributed by atoms with Crippen molar-refractivity contribution in [1.82, 2.24) is 0 Å². The number of ether oxygens (including phenoxy) is 1. The van der Waals surface area contributed by atoms with Gasteiger partial charge in [-0.05, 0) is 86.3 Å². The standard InChI is InChI=1S/C25H38O2/c1-4-18(2)17-20-7-15-24(16-8-20)27-25(26)23-13-11-22(12-14-23)21-9-5-19(3)6-10-21/h7-8,15-16,18-19,21-23H,4-6,9-14,17H2,1-3H3. The fourth-order valence-electron chi connectivity index (χ4n) is 5.02. The Morgan fingerprint density at radius 1 is 0.963 bits per heavy atom. The lowest BCUT2D eigenvalue weighted by Gasteiger charge is -2.36. The van der Waals surface area contributed by atoms with E-state index < -0.39 is 0 Å². The number of rotatable bonds is 6. The van der Waals surface area contributed by atoms with Gasteiger partial charge in [-0.3, -0.25) is 4.79 Å². The smallest absolute Gasteiger partial charge is 0.314 e. The van der Waals surface area contributed by atoms with Crippen molar-refractivity contribution in [3.05, 3.63) is 29.8 Å². The first-order valence-corrected chi connectivity index (χ1v) is 11.4. The SMILES string of the molecule is CCC(C)Cc1ccc(OC(=O)C2CCC(C3CCC(C)CC3)CC2)cc1. The Hall–Kier alpha value is -1.31. The Morgan fingerprint density at radius 3 is 2.07 bits per heavy atom. The van der Waals surface area contributed by atoms with Gasteiger partial charge >= 0.3 is 5.97 Å². The van der Waals surface area contributed by atoms with Gasteiger partial charge in [0, 0.05) is 0 Å². The molecule has 0 heterocycles. The molecule has 3 rings (SSSR count). The Morgan fingerprint density at radius 2 is 1.52 bits per heavy atom. The predicted molar refractivity (Wildman–Crippen MR) is 112 cm³/mol. The van der Waals surface area contributed by atoms with Crippen molar-refractivity contribution in [3.63, 3.8) is 0 Å². The molecule has 2 heteroatoms. The van der Waals surface area contributed by atoms with E-state index in [0.29, 0.717) is 11.7 Å². The molecule has 0 N–H and O–H groups in total. The summed E-state index contributed by atoms with van der Waals surface area (Å²) >= 11 is 0. The number of hydrogen-bond acceptors (Lipinski definition) is 2. The minimum Gasteiger partial charge on any atom is -0.426 e. The number of carbonyl (C=O) groups excluding carboxylic acids is 1. The van der Waals surface area contributed by atoms with Gasteiger partial charge in [0.25, 0.3) is 0 Å². The van der Waals surface area contributed by atoms with Crippen LogP contribution in [0.5, 0.6) is 5.75 Å². The zero-order valence-electron chi connectivity index (χ0n) is 17.6. The summed E-state index contributed by atoms with van der Waals surface area (Å²) in [6.07, 6.45) is 12.4. The van der Waals surface area contributed by atoms with Crippen LogP contribution in [0.25, 0.3) is 0 Å². The second-order valence-electron chi connectivity index (χ2n) is 9.41. The molecule has 0 aliphatic heterocycles. The highest BCUT2D eigenvalue weighted by Gasteiger charge is 2.33. The third kappa shape index (κ3) is 5.83. The topological polar surface area (TPSA) is 26.3 Å². The Balaban J connectivity index is 1.44. The maximum Gasteiger partial charge on any atom is 0.314 e. The zero-order chi connectivity index (χ0) is 19.2. The lowest BCUT2D eigenvalue weighted by Crippen LogP contribution is -2.29. The summed E-state index contributed by atoms with van der Waals surface area (Å²) in [7, 11) is 0. The van der Waals surface area contributed by atoms with Gasteiger partial charge in [0.15, 0.2) is 0 Å². The molecule has 1 aromatic carbocycles. The van der Waals surface area contributed by atoms with Crippen molar-refractivity contribution in [2.75, 3.05) is 0 Å². The van der Waals surface area contributed by atoms with E-state index in [9.17, 15) is 4.79 Å². The summed E-state index contributed by atoms with van der Waals surface area (Å²) in [6.45, 7) is 6.89. The quantitative estimate of drug-likeness (QED) is 0.406. The van der Waals surface area contributed by atoms with E-state index in [1.54, 1.807) is 0 Å². The third-order valence-electron chi connectivity index (χ3n) is 7.26. The first-order chi connectivity index (χ1) is 13.0. The van der Waals surface area contributed by atoms with Gasteiger partial charge in [-0.1, -0.05) is 52.2 Å². The van der Waals surface area contributed by atoms with Crippen LogP contribution >= 0.6 is 0 Å². The number of carbonyl (C=O) groups is 1. The molecule has 1 aromatic rings. The Labute approximate surface area is 166 Å². The van der Waals surface area contributed by atoms with Crippen LogP contribution in [-0.2, 0) is 11.2 Å². The number of hydrogen-bond donors (Lipinski definition) is 0. The molecule has 0 radical (unpaired) electrons. The van der Waals surface area contributed by atoms with Crippen LogP contribution in [0.15, 0.2) is 24.3 Å². The van der Waals surface area contributed by atoms with Crippen molar-refractivity contribution in [1.29, 1.82) is 0 Å². The highest BCUT2D eigenvalue weighted by atomic mass is 16.5. The van der Waals surface area contributed by atoms with Gasteiger partial charge in [0.1, 0.15) is 5.75 Å². The normalized spacial score (nSPS) is 29.9. The second kappa shape index (κ2) is 9.75. The van der Waals surface area contributed by atoms with Gasteiger partial charge in [0.05, 0.1) is 5.92 Å². The monoisotopic (exact) mass is 370 g/mol. The molecule has 2 saturated carbocycles. The minimum atomic E-state index is -0.0135. The average Bonchev–Trinajstić information content (AvgIpc) is 2.70. The van der Waals surface area contributed by atoms with Crippen molar-refractivity contribution >= 4 is 5.97 Å². The van der Waals surface area contributed by atoms with Crippen LogP contribution in [0.4, 0.5) is 0 Å². The maximum atomic E-state index is 12.6. The predicted octanol–water partition coefficient (Wildman–Crippen LogP) is 6.81. The second-order valence-corrected chi connectivity index (χ2v) is 9.41. The summed E-state index contributed by atoms with van der Waals surface area (Å²) < 4.78 is 5.70. The number of benzene rings is 1. The van der Waals surface area contributed by atoms with Gasteiger partial charge in [0.2, 0.25) is 0 Å². The first kappa shape index (κ1) is 20.4. The van der Waals surface area contributed by atoms with Crippen LogP contribution in [0.2, 0.25) is 0 Å². The molecule has 27 heavy (non-hydrogen) atoms. The van der Waals surface area contributed by atoms with E-state index >= 15 is 0 Å². The molecule has 0 spiro atoms. The Bertz CT molecular complexity index is 575. The molecule has 1 unspecified atom stereocenters. The molecule has 0 aromatic heterocycles. The van der Waals surface area contributed by atoms with Crippen LogP contribution in [0.3, 0.4) is 0 Å². The van der Waals surface area contributed by atoms with E-state index in [1.165, 1.54) is 50.5 Å². The van der Waals surface area contributed by atoms with Crippen molar-refractivity contribution in [2.24, 2.45) is 29.6 Å². The summed E-state index contributed by atoms with van der Waals surface area (Å²) in [6, 6.07) is 8.14. The molecule has 2 aliphatic rings. The molecule has 0 amide bonds. The minimum absolute atomic E-state index is 0.0135. The van der Waals surface area contributed by atoms with Gasteiger partial charge in [-0.25, -0.2) is 0 Å². The molecular formula is C25H38O2. The molecule has 0 bridgehead atoms. The first-order valence-electron chi connectivity index (χ1n) is 11.4. The van der Waals surface area contributed by atoms with E-state index in [4.69, 9.17) is 4.74 Å². The van der Waals surface area contributed by atoms with Crippen molar-refractivity contribution < 1.29 is 9.53 Å². The van der Waals surface area contributed by atoms with Crippen LogP contribution in [0.1, 0.15) is 84.1 Å². The molecule has 2 aliphatic carbocycles. The highest BCUT2D eigenvalue weighted by molar-refractivity contribution is 5.75. The van der Waals surface area contributed by atoms with E-state index in [1.807, 2.05) is 12.1 Å². The molecular weight excluding hydrogens is 332 g/mol. The summed E-state index contributed by atoms with van der Waals surface area (Å²) in [5, 5.41) is 0. The molecule has 0 saturated heterocycles. The molecule has 2 fully saturated rings. The lowest BCUT2D eigenvalue weighted by atomic mass is 9.69. The van der Waals surface area contributed by atoms with Crippen molar-refractivity contribution in [2.45, 2.75) is 85.0 Å². The van der Waals surface area contributed by atoms with Gasteiger partial charge in [-0.2, -0.15) is 0 Å². The fourth-order valence-corrected chi connectivity index (χ4v) is 5.02. The van der Waals surface area contributed by atoms with E-state index in [0.717, 1.165) is 37.0 Å². The fraction of sp³-hybridized carbons (Fsp3) is 0.720. The highest BCUT2D eigenvalue weighted by Crippen LogP contribution is 2.41. The van der Waals surface area contributed by atoms with Gasteiger partial charge < -0.3 is 4.74 Å². The third-order valence-corrected chi connectivity index (χ3v) is 7.26. The largest absolute Gasteiger partial charge is 0.426 e. The van der Waals surface area contributed by atoms with E-state index in [-0.39, 0.29) is 11.9 Å². The van der Waals surface area contributed by atoms with E-state index in [2.05, 4.69) is 32.9 Å². The van der Waals surface area contributed by atoms with Crippen LogP contribution in [0, 0.1) is 29.6 Å². The molecule has 2 nitrogen and oxygen atoms in total. The molecule has 1 atom stereocenters.